The van der Waals surface area contributed by atoms with E-state index in [0.717, 1.165) is 0 Å². The molecule has 0 aliphatic heterocycles. The van der Waals surface area contributed by atoms with Gasteiger partial charge >= 0.3 is 8.60 Å². The Balaban J connectivity index is 2.75. The summed E-state index contributed by atoms with van der Waals surface area (Å²) in [6.07, 6.45) is 0. The van der Waals surface area contributed by atoms with Crippen molar-refractivity contribution in [2.75, 3.05) is 7.11 Å². The van der Waals surface area contributed by atoms with E-state index in [-0.39, 0.29) is 0 Å². The first-order valence-electron chi connectivity index (χ1n) is 1.21. The molecule has 0 spiro atoms. The molecule has 0 rings (SSSR count). The molecule has 1 unspecified atom stereocenters. The van der Waals surface area contributed by atoms with Crippen molar-refractivity contribution in [1.82, 2.24) is 0 Å². The zero-order valence-electron chi connectivity index (χ0n) is 3.29. The van der Waals surface area contributed by atoms with E-state index < -0.39 is 8.60 Å². The van der Waals surface area contributed by atoms with Crippen molar-refractivity contribution in [2.24, 2.45) is 5.90 Å². The molecule has 0 heterocycles. The van der Waals surface area contributed by atoms with Gasteiger partial charge in [0.05, 0.1) is 0 Å². The summed E-state index contributed by atoms with van der Waals surface area (Å²) in [5.74, 6) is 4.44. The average molecular weight is 111 g/mol. The Labute approximate surface area is 36.8 Å². The van der Waals surface area contributed by atoms with Crippen molar-refractivity contribution in [2.45, 2.75) is 0 Å². The number of rotatable bonds is 2. The molecule has 0 aromatic heterocycles. The summed E-state index contributed by atoms with van der Waals surface area (Å²) < 4.78 is 7.97. The summed E-state index contributed by atoms with van der Waals surface area (Å²) in [7, 11) is -0.494. The van der Waals surface area contributed by atoms with Crippen molar-refractivity contribution in [3.63, 3.8) is 0 Å². The van der Waals surface area contributed by atoms with Gasteiger partial charge in [-0.1, -0.05) is 0 Å². The fourth-order valence-corrected chi connectivity index (χ4v) is 0.129. The van der Waals surface area contributed by atoms with Crippen molar-refractivity contribution in [3.05, 3.63) is 0 Å². The van der Waals surface area contributed by atoms with Crippen LogP contribution >= 0.6 is 8.60 Å². The molecular formula is CH6NO3P. The fraction of sp³-hybridized carbons (Fsp3) is 1.00. The summed E-state index contributed by atoms with van der Waals surface area (Å²) in [5.41, 5.74) is 0. The van der Waals surface area contributed by atoms with Crippen LogP contribution in [0.3, 0.4) is 0 Å². The molecule has 0 aliphatic rings. The predicted molar refractivity (Wildman–Crippen MR) is 21.4 cm³/mol. The van der Waals surface area contributed by atoms with E-state index in [1.807, 2.05) is 0 Å². The Bertz CT molecular complexity index is 30.0. The summed E-state index contributed by atoms with van der Waals surface area (Å²) in [6.45, 7) is 0. The maximum absolute atomic E-state index is 8.16. The lowest BCUT2D eigenvalue weighted by Crippen LogP contribution is -1.91. The molecule has 0 radical (unpaired) electrons. The molecule has 0 saturated heterocycles. The molecular weight excluding hydrogens is 105 g/mol. The predicted octanol–water partition coefficient (Wildman–Crippen LogP) is -0.258. The highest BCUT2D eigenvalue weighted by atomic mass is 31.2. The molecule has 3 N–H and O–H groups in total. The lowest BCUT2D eigenvalue weighted by molar-refractivity contribution is 0.235. The molecule has 1 atom stereocenters. The molecule has 0 fully saturated rings. The topological polar surface area (TPSA) is 64.7 Å². The quantitative estimate of drug-likeness (QED) is 0.380. The Hall–Kier alpha value is 0.270. The largest absolute Gasteiger partial charge is 0.347 e. The molecule has 0 aromatic rings. The summed E-state index contributed by atoms with van der Waals surface area (Å²) in [4.78, 5) is 8.16. The second kappa shape index (κ2) is 3.46. The van der Waals surface area contributed by atoms with Gasteiger partial charge in [0.2, 0.25) is 0 Å². The zero-order valence-corrected chi connectivity index (χ0v) is 4.18. The number of nitrogens with two attached hydrogens (primary N) is 1. The molecule has 0 saturated carbocycles. The van der Waals surface area contributed by atoms with E-state index in [9.17, 15) is 0 Å². The maximum atomic E-state index is 8.16. The van der Waals surface area contributed by atoms with Crippen molar-refractivity contribution < 1.29 is 14.0 Å². The van der Waals surface area contributed by atoms with Crippen LogP contribution in [-0.2, 0) is 9.15 Å². The molecule has 38 valence electrons. The minimum absolute atomic E-state index is 1.30. The molecule has 0 bridgehead atoms. The van der Waals surface area contributed by atoms with Gasteiger partial charge in [0.15, 0.2) is 0 Å². The standard InChI is InChI=1S/CH6NO3P/c1-4-6(3)5-2/h3H,2H2,1H3. The second-order valence-corrected chi connectivity index (χ2v) is 1.58. The van der Waals surface area contributed by atoms with Crippen LogP contribution in [0, 0.1) is 0 Å². The molecule has 0 aromatic carbocycles. The van der Waals surface area contributed by atoms with Gasteiger partial charge in [0.25, 0.3) is 0 Å². The van der Waals surface area contributed by atoms with Crippen LogP contribution in [-0.4, -0.2) is 12.0 Å². The summed E-state index contributed by atoms with van der Waals surface area (Å²) in [5, 5.41) is 0. The van der Waals surface area contributed by atoms with E-state index in [4.69, 9.17) is 4.89 Å². The smallest absolute Gasteiger partial charge is 0.327 e. The van der Waals surface area contributed by atoms with Crippen LogP contribution in [0.2, 0.25) is 0 Å². The highest BCUT2D eigenvalue weighted by Gasteiger charge is 1.95. The molecule has 0 amide bonds. The molecule has 5 heteroatoms. The van der Waals surface area contributed by atoms with Gasteiger partial charge in [-0.3, -0.25) is 0 Å². The van der Waals surface area contributed by atoms with Crippen LogP contribution in [0.25, 0.3) is 0 Å². The maximum Gasteiger partial charge on any atom is 0.347 e. The van der Waals surface area contributed by atoms with Gasteiger partial charge in [-0.15, -0.1) is 0 Å². The third-order valence-corrected chi connectivity index (χ3v) is 0.739. The second-order valence-electron chi connectivity index (χ2n) is 0.526. The van der Waals surface area contributed by atoms with E-state index in [1.54, 1.807) is 0 Å². The van der Waals surface area contributed by atoms with Gasteiger partial charge in [-0.2, -0.15) is 0 Å². The third kappa shape index (κ3) is 2.50. The van der Waals surface area contributed by atoms with Crippen molar-refractivity contribution in [3.8, 4) is 0 Å². The van der Waals surface area contributed by atoms with Crippen LogP contribution in [0.1, 0.15) is 0 Å². The van der Waals surface area contributed by atoms with Crippen LogP contribution in [0.4, 0.5) is 0 Å². The summed E-state index contributed by atoms with van der Waals surface area (Å²) >= 11 is 0. The monoisotopic (exact) mass is 111 g/mol. The Morgan fingerprint density at radius 2 is 2.33 bits per heavy atom. The van der Waals surface area contributed by atoms with E-state index >= 15 is 0 Å². The van der Waals surface area contributed by atoms with Gasteiger partial charge in [-0.05, 0) is 0 Å². The van der Waals surface area contributed by atoms with Gasteiger partial charge in [-0.25, -0.2) is 10.5 Å². The average Bonchev–Trinajstić information content (AvgIpc) is 1.65. The lowest BCUT2D eigenvalue weighted by Gasteiger charge is -1.97. The highest BCUT2D eigenvalue weighted by Crippen LogP contribution is 2.27. The first-order valence-corrected chi connectivity index (χ1v) is 2.34. The minimum atomic E-state index is -1.80. The third-order valence-electron chi connectivity index (χ3n) is 0.246. The number of hydrogen-bond donors (Lipinski definition) is 2. The molecule has 0 aliphatic carbocycles. The van der Waals surface area contributed by atoms with Crippen LogP contribution in [0.15, 0.2) is 0 Å². The molecule has 6 heavy (non-hydrogen) atoms. The zero-order chi connectivity index (χ0) is 4.99. The Morgan fingerprint density at radius 3 is 2.33 bits per heavy atom. The van der Waals surface area contributed by atoms with Gasteiger partial charge in [0.1, 0.15) is 0 Å². The van der Waals surface area contributed by atoms with E-state index in [2.05, 4.69) is 15.0 Å². The SMILES string of the molecule is COP(O)ON. The first-order chi connectivity index (χ1) is 2.81. The Morgan fingerprint density at radius 1 is 1.83 bits per heavy atom. The number of hydrogen-bond acceptors (Lipinski definition) is 4. The molecule has 4 nitrogen and oxygen atoms in total. The van der Waals surface area contributed by atoms with Gasteiger partial charge in [0, 0.05) is 7.11 Å². The van der Waals surface area contributed by atoms with Crippen LogP contribution in [0.5, 0.6) is 0 Å². The van der Waals surface area contributed by atoms with Crippen LogP contribution < -0.4 is 5.90 Å². The van der Waals surface area contributed by atoms with Crippen molar-refractivity contribution >= 4 is 8.60 Å². The minimum Gasteiger partial charge on any atom is -0.327 e. The van der Waals surface area contributed by atoms with Crippen molar-refractivity contribution in [1.29, 1.82) is 0 Å². The first kappa shape index (κ1) is 6.27. The lowest BCUT2D eigenvalue weighted by atomic mass is 11.8. The van der Waals surface area contributed by atoms with E-state index in [0.29, 0.717) is 0 Å². The fourth-order valence-electron chi connectivity index (χ4n) is 0.0430. The van der Waals surface area contributed by atoms with Gasteiger partial charge < -0.3 is 9.42 Å². The summed E-state index contributed by atoms with van der Waals surface area (Å²) in [6, 6.07) is 0. The Kier molecular flexibility index (Phi) is 3.62. The van der Waals surface area contributed by atoms with E-state index in [1.165, 1.54) is 7.11 Å². The normalized spacial score (nSPS) is 14.5. The highest BCUT2D eigenvalue weighted by molar-refractivity contribution is 7.40.